The SMILES string of the molecule is Nc1ncnc2c1ncn2CCCN1CCCOCC1. The van der Waals surface area contributed by atoms with Crippen molar-refractivity contribution in [1.82, 2.24) is 24.4 Å². The number of ether oxygens (including phenoxy) is 1. The molecule has 2 aromatic rings. The summed E-state index contributed by atoms with van der Waals surface area (Å²) in [5, 5.41) is 0. The number of aromatic nitrogens is 4. The van der Waals surface area contributed by atoms with E-state index in [9.17, 15) is 0 Å². The number of hydrogen-bond acceptors (Lipinski definition) is 6. The normalized spacial score (nSPS) is 17.4. The van der Waals surface area contributed by atoms with Crippen LogP contribution in [0.1, 0.15) is 12.8 Å². The Hall–Kier alpha value is -1.73. The topological polar surface area (TPSA) is 82.1 Å². The van der Waals surface area contributed by atoms with Gasteiger partial charge in [-0.3, -0.25) is 0 Å². The van der Waals surface area contributed by atoms with Gasteiger partial charge in [-0.2, -0.15) is 0 Å². The van der Waals surface area contributed by atoms with E-state index in [2.05, 4.69) is 19.9 Å². The van der Waals surface area contributed by atoms with E-state index in [4.69, 9.17) is 10.5 Å². The van der Waals surface area contributed by atoms with Gasteiger partial charge in [0.2, 0.25) is 0 Å². The fourth-order valence-electron chi connectivity index (χ4n) is 2.55. The predicted octanol–water partition coefficient (Wildman–Crippen LogP) is 0.521. The molecule has 2 N–H and O–H groups in total. The third kappa shape index (κ3) is 2.88. The van der Waals surface area contributed by atoms with Gasteiger partial charge < -0.3 is 19.9 Å². The molecule has 3 heterocycles. The number of nitrogen functional groups attached to an aromatic ring is 1. The Balaban J connectivity index is 1.58. The van der Waals surface area contributed by atoms with Crippen LogP contribution in [-0.2, 0) is 11.3 Å². The summed E-state index contributed by atoms with van der Waals surface area (Å²) in [6.07, 6.45) is 5.47. The number of fused-ring (bicyclic) bond motifs is 1. The van der Waals surface area contributed by atoms with Gasteiger partial charge in [-0.1, -0.05) is 0 Å². The van der Waals surface area contributed by atoms with E-state index < -0.39 is 0 Å². The summed E-state index contributed by atoms with van der Waals surface area (Å²) in [6, 6.07) is 0. The van der Waals surface area contributed by atoms with E-state index in [-0.39, 0.29) is 0 Å². The summed E-state index contributed by atoms with van der Waals surface area (Å²) in [6.45, 7) is 5.85. The Morgan fingerprint density at radius 1 is 1.15 bits per heavy atom. The average Bonchev–Trinajstić information content (AvgIpc) is 2.70. The Kier molecular flexibility index (Phi) is 4.08. The molecule has 0 amide bonds. The second-order valence-corrected chi connectivity index (χ2v) is 5.03. The van der Waals surface area contributed by atoms with E-state index in [1.54, 1.807) is 6.33 Å². The molecule has 2 aromatic heterocycles. The first-order valence-corrected chi connectivity index (χ1v) is 7.06. The number of imidazole rings is 1. The largest absolute Gasteiger partial charge is 0.382 e. The van der Waals surface area contributed by atoms with Crippen molar-refractivity contribution in [1.29, 1.82) is 0 Å². The number of anilines is 1. The van der Waals surface area contributed by atoms with Crippen LogP contribution >= 0.6 is 0 Å². The zero-order valence-corrected chi connectivity index (χ0v) is 11.5. The highest BCUT2D eigenvalue weighted by molar-refractivity contribution is 5.80. The predicted molar refractivity (Wildman–Crippen MR) is 76.2 cm³/mol. The maximum Gasteiger partial charge on any atom is 0.165 e. The zero-order valence-electron chi connectivity index (χ0n) is 11.5. The molecule has 1 aliphatic heterocycles. The quantitative estimate of drug-likeness (QED) is 0.876. The standard InChI is InChI=1S/C13H20N6O/c14-12-11-13(16-9-15-12)19(10-17-11)5-1-3-18-4-2-7-20-8-6-18/h9-10H,1-8H2,(H2,14,15,16). The number of nitrogens with zero attached hydrogens (tertiary/aromatic N) is 5. The molecule has 1 aliphatic rings. The van der Waals surface area contributed by atoms with Gasteiger partial charge in [-0.25, -0.2) is 15.0 Å². The maximum atomic E-state index is 5.78. The average molecular weight is 276 g/mol. The first-order valence-electron chi connectivity index (χ1n) is 7.06. The monoisotopic (exact) mass is 276 g/mol. The molecule has 0 bridgehead atoms. The highest BCUT2D eigenvalue weighted by Gasteiger charge is 2.10. The fourth-order valence-corrected chi connectivity index (χ4v) is 2.55. The molecule has 7 nitrogen and oxygen atoms in total. The van der Waals surface area contributed by atoms with E-state index in [0.717, 1.165) is 57.9 Å². The maximum absolute atomic E-state index is 5.78. The summed E-state index contributed by atoms with van der Waals surface area (Å²) in [7, 11) is 0. The molecule has 0 unspecified atom stereocenters. The van der Waals surface area contributed by atoms with Crippen molar-refractivity contribution in [2.24, 2.45) is 0 Å². The van der Waals surface area contributed by atoms with Gasteiger partial charge in [0, 0.05) is 26.2 Å². The summed E-state index contributed by atoms with van der Waals surface area (Å²) in [4.78, 5) is 14.9. The Labute approximate surface area is 117 Å². The lowest BCUT2D eigenvalue weighted by molar-refractivity contribution is 0.141. The van der Waals surface area contributed by atoms with Crippen LogP contribution in [0.2, 0.25) is 0 Å². The van der Waals surface area contributed by atoms with Gasteiger partial charge in [0.05, 0.1) is 12.9 Å². The van der Waals surface area contributed by atoms with Crippen LogP contribution in [0.3, 0.4) is 0 Å². The van der Waals surface area contributed by atoms with Crippen LogP contribution in [0.15, 0.2) is 12.7 Å². The second kappa shape index (κ2) is 6.15. The van der Waals surface area contributed by atoms with Gasteiger partial charge in [-0.05, 0) is 19.4 Å². The number of rotatable bonds is 4. The van der Waals surface area contributed by atoms with Gasteiger partial charge >= 0.3 is 0 Å². The molecule has 0 aliphatic carbocycles. The lowest BCUT2D eigenvalue weighted by atomic mass is 10.3. The highest BCUT2D eigenvalue weighted by Crippen LogP contribution is 2.14. The molecule has 1 fully saturated rings. The molecule has 7 heteroatoms. The number of aryl methyl sites for hydroxylation is 1. The first kappa shape index (κ1) is 13.3. The van der Waals surface area contributed by atoms with Crippen molar-refractivity contribution >= 4 is 17.0 Å². The van der Waals surface area contributed by atoms with E-state index in [1.807, 2.05) is 4.57 Å². The lowest BCUT2D eigenvalue weighted by Gasteiger charge is -2.18. The second-order valence-electron chi connectivity index (χ2n) is 5.03. The smallest absolute Gasteiger partial charge is 0.165 e. The van der Waals surface area contributed by atoms with Gasteiger partial charge in [-0.15, -0.1) is 0 Å². The third-order valence-electron chi connectivity index (χ3n) is 3.62. The summed E-state index contributed by atoms with van der Waals surface area (Å²) in [5.41, 5.74) is 7.29. The summed E-state index contributed by atoms with van der Waals surface area (Å²) < 4.78 is 7.50. The fraction of sp³-hybridized carbons (Fsp3) is 0.615. The molecule has 3 rings (SSSR count). The minimum atomic E-state index is 0.443. The minimum Gasteiger partial charge on any atom is -0.382 e. The number of hydrogen-bond donors (Lipinski definition) is 1. The number of nitrogens with two attached hydrogens (primary N) is 1. The van der Waals surface area contributed by atoms with Crippen LogP contribution in [0.4, 0.5) is 5.82 Å². The van der Waals surface area contributed by atoms with E-state index >= 15 is 0 Å². The van der Waals surface area contributed by atoms with Crippen LogP contribution in [-0.4, -0.2) is 57.3 Å². The van der Waals surface area contributed by atoms with E-state index in [0.29, 0.717) is 11.3 Å². The molecule has 1 saturated heterocycles. The van der Waals surface area contributed by atoms with E-state index in [1.165, 1.54) is 6.33 Å². The van der Waals surface area contributed by atoms with Crippen molar-refractivity contribution in [3.8, 4) is 0 Å². The molecule has 0 saturated carbocycles. The van der Waals surface area contributed by atoms with Gasteiger partial charge in [0.15, 0.2) is 11.5 Å². The van der Waals surface area contributed by atoms with Gasteiger partial charge in [0.1, 0.15) is 11.8 Å². The van der Waals surface area contributed by atoms with Crippen molar-refractivity contribution in [2.45, 2.75) is 19.4 Å². The summed E-state index contributed by atoms with van der Waals surface area (Å²) >= 11 is 0. The Morgan fingerprint density at radius 2 is 2.10 bits per heavy atom. The molecule has 0 atom stereocenters. The molecule has 0 radical (unpaired) electrons. The van der Waals surface area contributed by atoms with Crippen LogP contribution < -0.4 is 5.73 Å². The van der Waals surface area contributed by atoms with Crippen LogP contribution in [0, 0.1) is 0 Å². The molecular formula is C13H20N6O. The molecule has 20 heavy (non-hydrogen) atoms. The van der Waals surface area contributed by atoms with Crippen molar-refractivity contribution in [3.63, 3.8) is 0 Å². The molecule has 108 valence electrons. The van der Waals surface area contributed by atoms with Gasteiger partial charge in [0.25, 0.3) is 0 Å². The van der Waals surface area contributed by atoms with Crippen molar-refractivity contribution < 1.29 is 4.74 Å². The molecule has 0 aromatic carbocycles. The summed E-state index contributed by atoms with van der Waals surface area (Å²) in [5.74, 6) is 0.443. The van der Waals surface area contributed by atoms with Crippen LogP contribution in [0.25, 0.3) is 11.2 Å². The lowest BCUT2D eigenvalue weighted by Crippen LogP contribution is -2.28. The first-order chi connectivity index (χ1) is 9.84. The minimum absolute atomic E-state index is 0.443. The molecule has 0 spiro atoms. The Morgan fingerprint density at radius 3 is 3.05 bits per heavy atom. The zero-order chi connectivity index (χ0) is 13.8. The molecular weight excluding hydrogens is 256 g/mol. The highest BCUT2D eigenvalue weighted by atomic mass is 16.5. The third-order valence-corrected chi connectivity index (χ3v) is 3.62. The van der Waals surface area contributed by atoms with Crippen molar-refractivity contribution in [3.05, 3.63) is 12.7 Å². The van der Waals surface area contributed by atoms with Crippen LogP contribution in [0.5, 0.6) is 0 Å². The van der Waals surface area contributed by atoms with Crippen molar-refractivity contribution in [2.75, 3.05) is 38.6 Å². The Bertz CT molecular complexity index is 561.